The molecule has 0 fully saturated rings. The number of aryl methyl sites for hydroxylation is 1. The van der Waals surface area contributed by atoms with E-state index in [1.807, 2.05) is 31.2 Å². The highest BCUT2D eigenvalue weighted by molar-refractivity contribution is 5.49. The van der Waals surface area contributed by atoms with E-state index in [-0.39, 0.29) is 12.1 Å². The van der Waals surface area contributed by atoms with Crippen LogP contribution in [-0.4, -0.2) is 13.6 Å². The molecule has 0 bridgehead atoms. The van der Waals surface area contributed by atoms with Gasteiger partial charge in [0.15, 0.2) is 0 Å². The summed E-state index contributed by atoms with van der Waals surface area (Å²) in [6.45, 7) is 2.11. The van der Waals surface area contributed by atoms with Gasteiger partial charge in [-0.25, -0.2) is 8.78 Å². The zero-order valence-corrected chi connectivity index (χ0v) is 11.6. The van der Waals surface area contributed by atoms with Gasteiger partial charge in [0.2, 0.25) is 0 Å². The minimum absolute atomic E-state index is 0.0121. The zero-order valence-electron chi connectivity index (χ0n) is 11.6. The number of benzene rings is 2. The molecule has 20 heavy (non-hydrogen) atoms. The van der Waals surface area contributed by atoms with Gasteiger partial charge in [0.25, 0.3) is 0 Å². The van der Waals surface area contributed by atoms with Gasteiger partial charge in [-0.15, -0.1) is 0 Å². The molecule has 0 radical (unpaired) electrons. The van der Waals surface area contributed by atoms with Crippen LogP contribution in [-0.2, 0) is 0 Å². The van der Waals surface area contributed by atoms with E-state index in [0.717, 1.165) is 11.3 Å². The molecular weight excluding hydrogens is 258 g/mol. The summed E-state index contributed by atoms with van der Waals surface area (Å²) in [4.78, 5) is 1.79. The molecule has 0 aliphatic carbocycles. The Bertz CT molecular complexity index is 561. The fraction of sp³-hybridized carbons (Fsp3) is 0.250. The van der Waals surface area contributed by atoms with Gasteiger partial charge in [-0.2, -0.15) is 0 Å². The molecule has 2 nitrogen and oxygen atoms in total. The molecule has 2 aromatic carbocycles. The highest BCUT2D eigenvalue weighted by atomic mass is 19.1. The van der Waals surface area contributed by atoms with Crippen LogP contribution >= 0.6 is 0 Å². The van der Waals surface area contributed by atoms with Gasteiger partial charge >= 0.3 is 0 Å². The van der Waals surface area contributed by atoms with Crippen molar-refractivity contribution in [2.24, 2.45) is 5.73 Å². The molecule has 0 amide bonds. The maximum atomic E-state index is 13.9. The molecule has 2 rings (SSSR count). The topological polar surface area (TPSA) is 29.3 Å². The van der Waals surface area contributed by atoms with E-state index < -0.39 is 17.7 Å². The molecule has 0 heterocycles. The summed E-state index contributed by atoms with van der Waals surface area (Å²) < 4.78 is 27.8. The van der Waals surface area contributed by atoms with Crippen LogP contribution in [0.25, 0.3) is 0 Å². The average Bonchev–Trinajstić information content (AvgIpc) is 2.43. The molecule has 106 valence electrons. The fourth-order valence-corrected chi connectivity index (χ4v) is 2.26. The number of nitrogens with zero attached hydrogens (tertiary/aromatic N) is 1. The quantitative estimate of drug-likeness (QED) is 0.927. The molecule has 2 N–H and O–H groups in total. The number of likely N-dealkylation sites (N-methyl/N-ethyl adjacent to an activating group) is 1. The number of hydrogen-bond donors (Lipinski definition) is 1. The van der Waals surface area contributed by atoms with Crippen LogP contribution in [0.4, 0.5) is 14.5 Å². The Morgan fingerprint density at radius 1 is 1.05 bits per heavy atom. The number of halogens is 2. The lowest BCUT2D eigenvalue weighted by Gasteiger charge is -2.30. The fourth-order valence-electron chi connectivity index (χ4n) is 2.26. The lowest BCUT2D eigenvalue weighted by molar-refractivity contribution is 0.519. The highest BCUT2D eigenvalue weighted by Crippen LogP contribution is 2.28. The van der Waals surface area contributed by atoms with Crippen molar-refractivity contribution in [2.75, 3.05) is 18.5 Å². The van der Waals surface area contributed by atoms with Crippen LogP contribution in [0.2, 0.25) is 0 Å². The van der Waals surface area contributed by atoms with Crippen molar-refractivity contribution < 1.29 is 8.78 Å². The van der Waals surface area contributed by atoms with Crippen LogP contribution in [0.3, 0.4) is 0 Å². The molecule has 1 atom stereocenters. The minimum atomic E-state index is -0.570. The summed E-state index contributed by atoms with van der Waals surface area (Å²) >= 11 is 0. The molecule has 4 heteroatoms. The van der Waals surface area contributed by atoms with Crippen LogP contribution < -0.4 is 10.6 Å². The molecule has 0 saturated heterocycles. The van der Waals surface area contributed by atoms with Gasteiger partial charge in [0, 0.05) is 24.8 Å². The second-order valence-corrected chi connectivity index (χ2v) is 4.83. The second kappa shape index (κ2) is 6.01. The number of nitrogens with two attached hydrogens (primary N) is 1. The van der Waals surface area contributed by atoms with Crippen LogP contribution in [0, 0.1) is 18.6 Å². The molecule has 2 aromatic rings. The first-order valence-corrected chi connectivity index (χ1v) is 6.48. The molecular formula is C16H18F2N2. The van der Waals surface area contributed by atoms with Gasteiger partial charge in [-0.3, -0.25) is 0 Å². The summed E-state index contributed by atoms with van der Waals surface area (Å²) in [5.74, 6) is -1.14. The lowest BCUT2D eigenvalue weighted by atomic mass is 10.0. The maximum Gasteiger partial charge on any atom is 0.131 e. The SMILES string of the molecule is Cc1ccc(N(C)C(CN)c2c(F)cccc2F)cc1. The number of anilines is 1. The summed E-state index contributed by atoms with van der Waals surface area (Å²) in [5.41, 5.74) is 7.75. The van der Waals surface area contributed by atoms with Crippen molar-refractivity contribution in [3.63, 3.8) is 0 Å². The summed E-state index contributed by atoms with van der Waals surface area (Å²) in [5, 5.41) is 0. The van der Waals surface area contributed by atoms with Crippen LogP contribution in [0.5, 0.6) is 0 Å². The summed E-state index contributed by atoms with van der Waals surface area (Å²) in [6.07, 6.45) is 0. The van der Waals surface area contributed by atoms with Crippen LogP contribution in [0.1, 0.15) is 17.2 Å². The zero-order chi connectivity index (χ0) is 14.7. The van der Waals surface area contributed by atoms with E-state index in [0.29, 0.717) is 0 Å². The van der Waals surface area contributed by atoms with E-state index in [4.69, 9.17) is 5.73 Å². The van der Waals surface area contributed by atoms with Crippen LogP contribution in [0.15, 0.2) is 42.5 Å². The molecule has 0 saturated carbocycles. The van der Waals surface area contributed by atoms with E-state index >= 15 is 0 Å². The maximum absolute atomic E-state index is 13.9. The number of hydrogen-bond acceptors (Lipinski definition) is 2. The Labute approximate surface area is 117 Å². The third kappa shape index (κ3) is 2.80. The van der Waals surface area contributed by atoms with E-state index in [9.17, 15) is 8.78 Å². The van der Waals surface area contributed by atoms with Gasteiger partial charge in [0.05, 0.1) is 6.04 Å². The largest absolute Gasteiger partial charge is 0.366 e. The first-order valence-electron chi connectivity index (χ1n) is 6.48. The normalized spacial score (nSPS) is 12.2. The third-order valence-electron chi connectivity index (χ3n) is 3.46. The first-order chi connectivity index (χ1) is 9.54. The average molecular weight is 276 g/mol. The van der Waals surface area contributed by atoms with E-state index in [1.165, 1.54) is 18.2 Å². The van der Waals surface area contributed by atoms with Gasteiger partial charge in [0.1, 0.15) is 11.6 Å². The number of rotatable bonds is 4. The Balaban J connectivity index is 2.39. The standard InChI is InChI=1S/C16H18F2N2/c1-11-6-8-12(9-7-11)20(2)15(10-19)16-13(17)4-3-5-14(16)18/h3-9,15H,10,19H2,1-2H3. The first kappa shape index (κ1) is 14.5. The van der Waals surface area contributed by atoms with Crippen molar-refractivity contribution in [2.45, 2.75) is 13.0 Å². The monoisotopic (exact) mass is 276 g/mol. The third-order valence-corrected chi connectivity index (χ3v) is 3.46. The lowest BCUT2D eigenvalue weighted by Crippen LogP contribution is -2.32. The molecule has 0 aromatic heterocycles. The van der Waals surface area contributed by atoms with Crippen molar-refractivity contribution in [3.05, 3.63) is 65.2 Å². The Morgan fingerprint density at radius 2 is 1.60 bits per heavy atom. The minimum Gasteiger partial charge on any atom is -0.366 e. The molecule has 0 aliphatic heterocycles. The van der Waals surface area contributed by atoms with Crippen molar-refractivity contribution in [1.29, 1.82) is 0 Å². The van der Waals surface area contributed by atoms with E-state index in [1.54, 1.807) is 11.9 Å². The Morgan fingerprint density at radius 3 is 2.10 bits per heavy atom. The summed E-state index contributed by atoms with van der Waals surface area (Å²) in [6, 6.07) is 11.1. The van der Waals surface area contributed by atoms with Gasteiger partial charge in [-0.05, 0) is 31.2 Å². The predicted molar refractivity (Wildman–Crippen MR) is 77.7 cm³/mol. The Kier molecular flexibility index (Phi) is 4.35. The molecule has 1 unspecified atom stereocenters. The summed E-state index contributed by atoms with van der Waals surface area (Å²) in [7, 11) is 1.79. The highest BCUT2D eigenvalue weighted by Gasteiger charge is 2.23. The van der Waals surface area contributed by atoms with Gasteiger partial charge < -0.3 is 10.6 Å². The predicted octanol–water partition coefficient (Wildman–Crippen LogP) is 3.41. The van der Waals surface area contributed by atoms with E-state index in [2.05, 4.69) is 0 Å². The second-order valence-electron chi connectivity index (χ2n) is 4.83. The van der Waals surface area contributed by atoms with Crippen molar-refractivity contribution >= 4 is 5.69 Å². The molecule has 0 spiro atoms. The smallest absolute Gasteiger partial charge is 0.131 e. The molecule has 0 aliphatic rings. The van der Waals surface area contributed by atoms with Gasteiger partial charge in [-0.1, -0.05) is 23.8 Å². The Hall–Kier alpha value is -1.94. The van der Waals surface area contributed by atoms with Crippen molar-refractivity contribution in [3.8, 4) is 0 Å². The van der Waals surface area contributed by atoms with Crippen molar-refractivity contribution in [1.82, 2.24) is 0 Å².